The second-order valence-corrected chi connectivity index (χ2v) is 41.3. The molecule has 30 heteroatoms. The molecule has 13 aromatic carbocycles. The van der Waals surface area contributed by atoms with Crippen LogP contribution < -0.4 is 80.8 Å². The third-order valence-corrected chi connectivity index (χ3v) is 31.3. The number of aliphatic hydroxyl groups is 1. The van der Waals surface area contributed by atoms with Crippen molar-refractivity contribution in [2.45, 2.75) is 115 Å². The lowest BCUT2D eigenvalue weighted by atomic mass is 9.91. The van der Waals surface area contributed by atoms with Gasteiger partial charge in [-0.25, -0.2) is 13.2 Å². The average Bonchev–Trinajstić information content (AvgIpc) is 1.62. The van der Waals surface area contributed by atoms with E-state index in [1.54, 1.807) is 45.8 Å². The maximum atomic E-state index is 13.3. The van der Waals surface area contributed by atoms with E-state index in [9.17, 15) is 37.9 Å². The van der Waals surface area contributed by atoms with Gasteiger partial charge in [-0.15, -0.1) is 12.4 Å². The number of fused-ring (bicyclic) bond motifs is 8. The van der Waals surface area contributed by atoms with E-state index >= 15 is 0 Å². The molecular weight excluding hydrogens is 2090 g/mol. The summed E-state index contributed by atoms with van der Waals surface area (Å²) in [5, 5.41) is 49.9. The number of carbonyl (C=O) groups is 1. The largest absolute Gasteiger partial charge is 1.00 e. The van der Waals surface area contributed by atoms with Crippen molar-refractivity contribution < 1.29 is 118 Å². The number of morpholine rings is 1. The predicted octanol–water partition coefficient (Wildman–Crippen LogP) is 8.97. The number of nitro groups is 1. The van der Waals surface area contributed by atoms with Crippen LogP contribution in [0.5, 0.6) is 11.5 Å². The molecule has 5 aliphatic rings. The number of carbonyl (C=O) groups excluding carboxylic acids is 1. The summed E-state index contributed by atoms with van der Waals surface area (Å²) < 4.78 is 54.9. The summed E-state index contributed by atoms with van der Waals surface area (Å²) in [5.74, 6) is -1.29. The van der Waals surface area contributed by atoms with E-state index in [2.05, 4.69) is 323 Å². The number of esters is 1. The van der Waals surface area contributed by atoms with E-state index in [4.69, 9.17) is 9.84 Å². The highest BCUT2D eigenvalue weighted by atomic mass is 79.9. The predicted molar refractivity (Wildman–Crippen MR) is 581 cm³/mol. The normalized spacial score (nSPS) is 15.9. The number of nitro benzene ring substituents is 1. The number of thiazole rings is 2. The molecule has 17 aromatic rings. The van der Waals surface area contributed by atoms with Gasteiger partial charge in [0.15, 0.2) is 22.9 Å². The van der Waals surface area contributed by atoms with Crippen molar-refractivity contribution in [3.8, 4) is 33.8 Å². The number of phenolic OH excluding ortho intramolecular Hbond substituents is 2. The molecule has 0 amide bonds. The molecule has 0 spiro atoms. The molecule has 22 rings (SSSR count). The first-order chi connectivity index (χ1) is 69.9. The van der Waals surface area contributed by atoms with Crippen LogP contribution in [0.4, 0.5) is 10.1 Å². The number of likely N-dealkylation sites (N-methyl/N-ethyl adjacent to an activating group) is 1. The smallest absolute Gasteiger partial charge is 0.341 e. The molecule has 7 heterocycles. The molecule has 0 radical (unpaired) electrons. The SMILES string of the molecule is C.COC(=O)c1cc(C[NH+]2CC[NH+](C)CC2)ccc1O.Cl.O=[N+]([O-])c1cc(S(=O)(=O)CCC[NH+]2CCOCC2)ccc1F.OCCNC1CCCc2c1[nH]c1ccc(-c3ccccc3)cc21.Oc1ccccc1C1N(Cc2ccccc2)CCN1Cc1ccccc1.[Br-].[Br-].[Cl-].c1cc(C[n+]2csc3ccccc32)cc(C[n+]2csc3ccccc32)c1.c1ccc(CNC2CCCc3c2[nH]c2ccc(-c4ccccc4)cc32)cc1. The summed E-state index contributed by atoms with van der Waals surface area (Å²) in [6, 6.07) is 109. The summed E-state index contributed by atoms with van der Waals surface area (Å²) in [6.07, 6.45) is 7.58. The lowest BCUT2D eigenvalue weighted by Crippen LogP contribution is -3.26. The van der Waals surface area contributed by atoms with Crippen molar-refractivity contribution >= 4 is 98.8 Å². The topological polar surface area (TPSA) is 257 Å². The number of aromatic hydroxyl groups is 2. The van der Waals surface area contributed by atoms with E-state index in [1.807, 2.05) is 24.3 Å². The number of aromatic nitrogens is 4. The Morgan fingerprint density at radius 3 is 1.55 bits per heavy atom. The number of methoxy groups -OCH3 is 1. The van der Waals surface area contributed by atoms with E-state index in [0.29, 0.717) is 50.6 Å². The number of hydrogen-bond donors (Lipinski definition) is 10. The third kappa shape index (κ3) is 30.3. The van der Waals surface area contributed by atoms with Crippen LogP contribution in [-0.4, -0.2) is 160 Å². The lowest BCUT2D eigenvalue weighted by molar-refractivity contribution is -1.01. The Morgan fingerprint density at radius 1 is 0.547 bits per heavy atom. The quantitative estimate of drug-likeness (QED) is 0.00799. The van der Waals surface area contributed by atoms with Gasteiger partial charge in [-0.2, -0.15) is 13.5 Å². The molecule has 2 atom stereocenters. The molecule has 3 aliphatic heterocycles. The standard InChI is InChI=1S/C25H24N2.C23H24N2O.C22H18N2S2.C20H22N2O.C14H20N2O3.C13H17FN2O5S.CH4.2BrH.2ClH/c1-3-8-18(9-4-1)17-26-24-13-7-12-21-22-16-20(19-10-5-2-6-11-19)14-15-23(22)27-25(21)24;26-22-14-8-7-13-21(22)23-24(17-19-9-3-1-4-10-19)15-16-25(23)18-20-11-5-2-6-12-20;1-3-10-21-19(8-1)23(15-25-21)13-17-6-5-7-18(12-17)14-24-16-26-22-11-4-2-9-20(22)24;23-12-11-21-19-8-4-7-16-17-13-15(14-5-2-1-3-6-14)9-10-18(17)22-20(16)19;1-15-5-7-16(8-6-15)10-11-3-4-13(17)12(9-11)14(18)19-2;14-12-3-2-11(10-13(12)16(17)18)22(19,20)9-1-4-15-5-7-21-8-6-15;;;;;/h1-6,8-11,14-16,24,26-27H,7,12-13,17H2;1-14,23,26H,15-18H2;1-12,15-16H,13-14H2;1-3,5-6,9-10,13,19,21-23H,4,7-8,11-12H2;3-4,9,17H,5-8,10H2,1-2H3;2-3,10H,1,4-9H2;1H4;4*1H/q;;+2;;;;;;;;. The number of ether oxygens (including phenoxy) is 2. The van der Waals surface area contributed by atoms with Gasteiger partial charge in [0.25, 0.3) is 0 Å². The molecule has 0 saturated carbocycles. The van der Waals surface area contributed by atoms with Gasteiger partial charge in [0.2, 0.25) is 27.9 Å². The van der Waals surface area contributed by atoms with Crippen molar-refractivity contribution in [1.29, 1.82) is 0 Å². The molecule has 3 fully saturated rings. The number of aromatic amines is 2. The minimum Gasteiger partial charge on any atom is -1.00 e. The van der Waals surface area contributed by atoms with Crippen LogP contribution in [0.15, 0.2) is 337 Å². The molecule has 148 heavy (non-hydrogen) atoms. The van der Waals surface area contributed by atoms with Gasteiger partial charge in [-0.1, -0.05) is 255 Å². The molecule has 776 valence electrons. The van der Waals surface area contributed by atoms with E-state index in [-0.39, 0.29) is 101 Å². The highest BCUT2D eigenvalue weighted by Gasteiger charge is 2.36. The summed E-state index contributed by atoms with van der Waals surface area (Å²) >= 11 is 3.61. The Kier molecular flexibility index (Phi) is 44.1. The molecule has 10 N–H and O–H groups in total. The fraction of sp³-hybridized carbons (Fsp3) is 0.280. The van der Waals surface area contributed by atoms with Crippen molar-refractivity contribution in [2.75, 3.05) is 105 Å². The van der Waals surface area contributed by atoms with Crippen LogP contribution in [0.3, 0.4) is 0 Å². The first-order valence-corrected chi connectivity index (χ1v) is 53.1. The zero-order valence-electron chi connectivity index (χ0n) is 82.7. The minimum atomic E-state index is -3.65. The van der Waals surface area contributed by atoms with Crippen LogP contribution in [0.2, 0.25) is 0 Å². The Morgan fingerprint density at radius 2 is 1.03 bits per heavy atom. The zero-order chi connectivity index (χ0) is 98.8. The third-order valence-electron chi connectivity index (χ3n) is 27.6. The van der Waals surface area contributed by atoms with Crippen molar-refractivity contribution in [1.82, 2.24) is 30.4 Å². The number of hydrogen-bond acceptors (Lipinski definition) is 16. The summed E-state index contributed by atoms with van der Waals surface area (Å²) in [7, 11) is -0.112. The van der Waals surface area contributed by atoms with Crippen molar-refractivity contribution in [2.24, 2.45) is 0 Å². The fourth-order valence-corrected chi connectivity index (χ4v) is 23.2. The maximum absolute atomic E-state index is 13.3. The average molecular weight is 2230 g/mol. The first kappa shape index (κ1) is 115. The summed E-state index contributed by atoms with van der Waals surface area (Å²) in [4.78, 5) is 37.7. The number of benzene rings is 13. The van der Waals surface area contributed by atoms with Crippen molar-refractivity contribution in [3.05, 3.63) is 415 Å². The molecule has 2 unspecified atom stereocenters. The van der Waals surface area contributed by atoms with E-state index in [0.717, 1.165) is 127 Å². The first-order valence-electron chi connectivity index (χ1n) is 49.7. The van der Waals surface area contributed by atoms with Crippen LogP contribution in [0.25, 0.3) is 64.5 Å². The Balaban J connectivity index is 0.000000157. The number of phenols is 2. The highest BCUT2D eigenvalue weighted by Crippen LogP contribution is 2.41. The number of aryl methyl sites for hydroxylation is 2. The Hall–Kier alpha value is -11.8. The van der Waals surface area contributed by atoms with Gasteiger partial charge < -0.3 is 106 Å². The van der Waals surface area contributed by atoms with Gasteiger partial charge in [-0.3, -0.25) is 19.9 Å². The Bertz CT molecular complexity index is 7060. The number of para-hydroxylation sites is 3. The number of H-pyrrole nitrogens is 2. The highest BCUT2D eigenvalue weighted by molar-refractivity contribution is 7.91. The van der Waals surface area contributed by atoms with Crippen LogP contribution >= 0.6 is 35.1 Å². The monoisotopic (exact) mass is 2220 g/mol. The zero-order valence-corrected chi connectivity index (χ0v) is 89.9. The number of rotatable bonds is 26. The van der Waals surface area contributed by atoms with E-state index in [1.165, 1.54) is 164 Å². The number of quaternary nitrogens is 3. The number of aliphatic hydroxyl groups excluding tert-OH is 1. The molecule has 3 saturated heterocycles. The number of halogens is 5. The second-order valence-electron chi connectivity index (χ2n) is 37.4. The number of piperazine rings is 1. The second kappa shape index (κ2) is 56.8. The van der Waals surface area contributed by atoms with Crippen molar-refractivity contribution in [3.63, 3.8) is 0 Å². The summed E-state index contributed by atoms with van der Waals surface area (Å²) in [5.41, 5.74) is 28.4. The van der Waals surface area contributed by atoms with Gasteiger partial charge in [-0.05, 0) is 167 Å². The number of nitrogens with zero attached hydrogens (tertiary/aromatic N) is 5. The summed E-state index contributed by atoms with van der Waals surface area (Å²) in [6.45, 7) is 16.6. The van der Waals surface area contributed by atoms with Crippen LogP contribution in [0.1, 0.15) is 130 Å². The Labute approximate surface area is 908 Å². The van der Waals surface area contributed by atoms with Crippen LogP contribution in [0, 0.1) is 15.9 Å². The number of sulfone groups is 1. The van der Waals surface area contributed by atoms with E-state index < -0.39 is 32.2 Å². The molecule has 22 nitrogen and oxygen atoms in total. The molecule has 0 bridgehead atoms. The molecule has 2 aliphatic carbocycles. The lowest BCUT2D eigenvalue weighted by Gasteiger charge is -2.31. The minimum absolute atomic E-state index is 0. The van der Waals surface area contributed by atoms with Crippen LogP contribution in [-0.2, 0) is 71.4 Å². The van der Waals surface area contributed by atoms with Gasteiger partial charge in [0.05, 0.1) is 62.3 Å². The molecular formula is C118H133Br2Cl2FN12O10S3+2. The van der Waals surface area contributed by atoms with Gasteiger partial charge >= 0.3 is 11.7 Å². The van der Waals surface area contributed by atoms with Gasteiger partial charge in [0, 0.05) is 131 Å². The fourth-order valence-electron chi connectivity index (χ4n) is 20.1. The molecule has 4 aromatic heterocycles. The number of nitrogens with one attached hydrogen (secondary N) is 7. The van der Waals surface area contributed by atoms with Gasteiger partial charge in [0.1, 0.15) is 72.3 Å². The maximum Gasteiger partial charge on any atom is 0.341 e.